The van der Waals surface area contributed by atoms with Crippen LogP contribution < -0.4 is 4.74 Å². The highest BCUT2D eigenvalue weighted by molar-refractivity contribution is 5.56. The van der Waals surface area contributed by atoms with Crippen molar-refractivity contribution in [2.24, 2.45) is 28.6 Å². The zero-order valence-electron chi connectivity index (χ0n) is 18.9. The van der Waals surface area contributed by atoms with E-state index in [1.165, 1.54) is 5.57 Å². The van der Waals surface area contributed by atoms with E-state index in [9.17, 15) is 19.0 Å². The number of allylic oxidation sites excluding steroid dienone is 1. The maximum absolute atomic E-state index is 12.4. The largest absolute Gasteiger partial charge is 0.435 e. The highest BCUT2D eigenvalue weighted by Gasteiger charge is 2.59. The molecule has 0 amide bonds. The average molecular weight is 445 g/mol. The van der Waals surface area contributed by atoms with Crippen LogP contribution in [0.25, 0.3) is 6.08 Å². The Morgan fingerprint density at radius 1 is 1.03 bits per heavy atom. The van der Waals surface area contributed by atoms with Gasteiger partial charge in [0.1, 0.15) is 5.75 Å². The van der Waals surface area contributed by atoms with Gasteiger partial charge in [-0.25, -0.2) is 0 Å². The number of fused-ring (bicyclic) bond motifs is 5. The first-order valence-electron chi connectivity index (χ1n) is 12.0. The number of aliphatic hydroxyl groups is 2. The Kier molecular flexibility index (Phi) is 5.49. The van der Waals surface area contributed by atoms with Crippen LogP contribution in [-0.4, -0.2) is 29.0 Å². The lowest BCUT2D eigenvalue weighted by Gasteiger charge is -2.57. The second kappa shape index (κ2) is 7.95. The predicted octanol–water partition coefficient (Wildman–Crippen LogP) is 5.97. The van der Waals surface area contributed by atoms with Crippen LogP contribution in [0.15, 0.2) is 41.5 Å². The highest BCUT2D eigenvalue weighted by atomic mass is 19.3. The van der Waals surface area contributed by atoms with Gasteiger partial charge >= 0.3 is 6.61 Å². The lowest BCUT2D eigenvalue weighted by molar-refractivity contribution is -0.0685. The van der Waals surface area contributed by atoms with E-state index in [1.807, 2.05) is 6.08 Å². The standard InChI is InChI=1S/C27H34F2O3/c1-26-11-9-19(30)15-18(26)5-8-21-22(26)10-12-27(2)23(21)14-17(24(27)31)13-16-3-6-20(7-4-16)32-25(28)29/h3-7,13,19,21-25,30-31H,8-12,14-15H2,1-2H3/b17-13-/t19-,21+,22-,23-,24-,26-,27-/m0/s1. The monoisotopic (exact) mass is 444 g/mol. The van der Waals surface area contributed by atoms with Gasteiger partial charge in [0.15, 0.2) is 0 Å². The minimum atomic E-state index is -2.83. The number of hydrogen-bond donors (Lipinski definition) is 2. The van der Waals surface area contributed by atoms with Crippen molar-refractivity contribution in [1.29, 1.82) is 0 Å². The first kappa shape index (κ1) is 22.1. The molecule has 4 aliphatic carbocycles. The van der Waals surface area contributed by atoms with E-state index in [1.54, 1.807) is 24.3 Å². The molecule has 0 radical (unpaired) electrons. The van der Waals surface area contributed by atoms with Gasteiger partial charge in [0.05, 0.1) is 12.2 Å². The molecule has 5 rings (SSSR count). The van der Waals surface area contributed by atoms with E-state index < -0.39 is 12.7 Å². The molecule has 1 aromatic carbocycles. The molecule has 0 spiro atoms. The molecule has 0 saturated heterocycles. The molecule has 0 aromatic heterocycles. The van der Waals surface area contributed by atoms with E-state index in [0.29, 0.717) is 17.8 Å². The van der Waals surface area contributed by atoms with Gasteiger partial charge < -0.3 is 14.9 Å². The van der Waals surface area contributed by atoms with Crippen molar-refractivity contribution in [1.82, 2.24) is 0 Å². The van der Waals surface area contributed by atoms with Gasteiger partial charge in [-0.15, -0.1) is 0 Å². The highest BCUT2D eigenvalue weighted by Crippen LogP contribution is 2.65. The predicted molar refractivity (Wildman–Crippen MR) is 120 cm³/mol. The third-order valence-corrected chi connectivity index (χ3v) is 9.40. The summed E-state index contributed by atoms with van der Waals surface area (Å²) in [6.07, 6.45) is 10.6. The van der Waals surface area contributed by atoms with Crippen LogP contribution in [0, 0.1) is 28.6 Å². The second-order valence-electron chi connectivity index (χ2n) is 11.0. The minimum absolute atomic E-state index is 0.123. The Hall–Kier alpha value is -1.72. The summed E-state index contributed by atoms with van der Waals surface area (Å²) in [6.45, 7) is 1.84. The zero-order valence-corrected chi connectivity index (χ0v) is 18.9. The van der Waals surface area contributed by atoms with Crippen LogP contribution >= 0.6 is 0 Å². The Labute approximate surface area is 189 Å². The number of halogens is 2. The number of alkyl halides is 2. The first-order chi connectivity index (χ1) is 15.2. The lowest BCUT2D eigenvalue weighted by Crippen LogP contribution is -2.51. The summed E-state index contributed by atoms with van der Waals surface area (Å²) in [7, 11) is 0. The number of rotatable bonds is 3. The minimum Gasteiger partial charge on any atom is -0.435 e. The van der Waals surface area contributed by atoms with Crippen molar-refractivity contribution in [3.63, 3.8) is 0 Å². The molecule has 0 heterocycles. The van der Waals surface area contributed by atoms with E-state index in [0.717, 1.165) is 56.1 Å². The van der Waals surface area contributed by atoms with E-state index in [-0.39, 0.29) is 22.7 Å². The number of benzene rings is 1. The molecule has 1 aromatic rings. The van der Waals surface area contributed by atoms with Crippen LogP contribution in [0.2, 0.25) is 0 Å². The quantitative estimate of drug-likeness (QED) is 0.565. The van der Waals surface area contributed by atoms with Crippen molar-refractivity contribution in [2.75, 3.05) is 0 Å². The summed E-state index contributed by atoms with van der Waals surface area (Å²) in [5.41, 5.74) is 3.47. The normalized spacial score (nSPS) is 42.3. The molecule has 7 atom stereocenters. The van der Waals surface area contributed by atoms with Crippen molar-refractivity contribution < 1.29 is 23.7 Å². The molecule has 32 heavy (non-hydrogen) atoms. The van der Waals surface area contributed by atoms with E-state index in [4.69, 9.17) is 0 Å². The molecule has 174 valence electrons. The smallest absolute Gasteiger partial charge is 0.387 e. The van der Waals surface area contributed by atoms with Crippen LogP contribution in [0.1, 0.15) is 64.4 Å². The van der Waals surface area contributed by atoms with Crippen molar-refractivity contribution in [2.45, 2.75) is 77.6 Å². The SMILES string of the molecule is C[C@]12CC[C@H]3[C@@H](CC=C4C[C@@H](O)CC[C@@]43C)[C@@H]1C/C(=C/c1ccc(OC(F)F)cc1)[C@@H]2O. The Balaban J connectivity index is 1.40. The van der Waals surface area contributed by atoms with Crippen LogP contribution in [-0.2, 0) is 0 Å². The first-order valence-corrected chi connectivity index (χ1v) is 12.0. The molecular weight excluding hydrogens is 410 g/mol. The topological polar surface area (TPSA) is 49.7 Å². The molecule has 3 nitrogen and oxygen atoms in total. The number of hydrogen-bond acceptors (Lipinski definition) is 3. The fraction of sp³-hybridized carbons (Fsp3) is 0.630. The van der Waals surface area contributed by atoms with Crippen molar-refractivity contribution in [3.05, 3.63) is 47.1 Å². The van der Waals surface area contributed by atoms with Gasteiger partial charge in [0.25, 0.3) is 0 Å². The van der Waals surface area contributed by atoms with Crippen LogP contribution in [0.3, 0.4) is 0 Å². The van der Waals surface area contributed by atoms with Crippen molar-refractivity contribution in [3.8, 4) is 5.75 Å². The van der Waals surface area contributed by atoms with Crippen molar-refractivity contribution >= 4 is 6.08 Å². The third kappa shape index (κ3) is 3.52. The van der Waals surface area contributed by atoms with E-state index in [2.05, 4.69) is 24.7 Å². The van der Waals surface area contributed by atoms with Gasteiger partial charge in [0.2, 0.25) is 0 Å². The zero-order chi connectivity index (χ0) is 22.7. The lowest BCUT2D eigenvalue weighted by atomic mass is 9.48. The van der Waals surface area contributed by atoms with Gasteiger partial charge in [0, 0.05) is 5.41 Å². The summed E-state index contributed by atoms with van der Waals surface area (Å²) >= 11 is 0. The fourth-order valence-corrected chi connectivity index (χ4v) is 7.60. The molecule has 5 heteroatoms. The molecule has 4 aliphatic rings. The number of aliphatic hydroxyl groups excluding tert-OH is 2. The molecule has 2 N–H and O–H groups in total. The fourth-order valence-electron chi connectivity index (χ4n) is 7.60. The summed E-state index contributed by atoms with van der Waals surface area (Å²) in [6, 6.07) is 6.65. The van der Waals surface area contributed by atoms with E-state index >= 15 is 0 Å². The number of ether oxygens (including phenoxy) is 1. The second-order valence-corrected chi connectivity index (χ2v) is 11.0. The maximum Gasteiger partial charge on any atom is 0.387 e. The molecule has 3 fully saturated rings. The summed E-state index contributed by atoms with van der Waals surface area (Å²) in [4.78, 5) is 0. The molecule has 0 aliphatic heterocycles. The summed E-state index contributed by atoms with van der Waals surface area (Å²) < 4.78 is 29.3. The molecular formula is C27H34F2O3. The van der Waals surface area contributed by atoms with Gasteiger partial charge in [-0.1, -0.05) is 43.7 Å². The molecule has 3 saturated carbocycles. The van der Waals surface area contributed by atoms with Gasteiger partial charge in [-0.2, -0.15) is 8.78 Å². The molecule has 0 unspecified atom stereocenters. The van der Waals surface area contributed by atoms with Crippen LogP contribution in [0.4, 0.5) is 8.78 Å². The van der Waals surface area contributed by atoms with Crippen LogP contribution in [0.5, 0.6) is 5.75 Å². The third-order valence-electron chi connectivity index (χ3n) is 9.40. The summed E-state index contributed by atoms with van der Waals surface area (Å²) in [5, 5.41) is 21.6. The summed E-state index contributed by atoms with van der Waals surface area (Å²) in [5.74, 6) is 1.75. The maximum atomic E-state index is 12.4. The van der Waals surface area contributed by atoms with Gasteiger partial charge in [-0.3, -0.25) is 0 Å². The Morgan fingerprint density at radius 3 is 2.50 bits per heavy atom. The molecule has 0 bridgehead atoms. The Morgan fingerprint density at radius 2 is 1.78 bits per heavy atom. The average Bonchev–Trinajstić information content (AvgIpc) is 3.00. The Bertz CT molecular complexity index is 923. The van der Waals surface area contributed by atoms with Gasteiger partial charge in [-0.05, 0) is 91.4 Å².